The van der Waals surface area contributed by atoms with Crippen LogP contribution in [0.4, 0.5) is 0 Å². The molecule has 0 heterocycles. The van der Waals surface area contributed by atoms with E-state index in [2.05, 4.69) is 0 Å². The van der Waals surface area contributed by atoms with Crippen LogP contribution in [0.3, 0.4) is 0 Å². The van der Waals surface area contributed by atoms with Gasteiger partial charge in [0.1, 0.15) is 0 Å². The fourth-order valence-electron chi connectivity index (χ4n) is 3.14. The lowest BCUT2D eigenvalue weighted by Crippen LogP contribution is -2.74. The van der Waals surface area contributed by atoms with Crippen molar-refractivity contribution in [1.29, 1.82) is 0 Å². The van der Waals surface area contributed by atoms with Crippen LogP contribution < -0.4 is 0 Å². The zero-order valence-electron chi connectivity index (χ0n) is 11.4. The van der Waals surface area contributed by atoms with E-state index in [4.69, 9.17) is 20.4 Å². The second-order valence-electron chi connectivity index (χ2n) is 5.28. The van der Waals surface area contributed by atoms with Crippen LogP contribution >= 0.6 is 0 Å². The second-order valence-corrected chi connectivity index (χ2v) is 5.28. The molecule has 0 aromatic carbocycles. The summed E-state index contributed by atoms with van der Waals surface area (Å²) >= 11 is 0. The van der Waals surface area contributed by atoms with Gasteiger partial charge in [0.25, 0.3) is 11.2 Å². The minimum atomic E-state index is -3.76. The van der Waals surface area contributed by atoms with Crippen molar-refractivity contribution in [3.05, 3.63) is 0 Å². The molecular formula is C12H16O10. The Labute approximate surface area is 123 Å². The monoisotopic (exact) mass is 320 g/mol. The first kappa shape index (κ1) is 17.9. The molecule has 124 valence electrons. The molecule has 0 radical (unpaired) electrons. The third-order valence-corrected chi connectivity index (χ3v) is 4.33. The Morgan fingerprint density at radius 1 is 0.636 bits per heavy atom. The van der Waals surface area contributed by atoms with Gasteiger partial charge in [-0.25, -0.2) is 19.2 Å². The van der Waals surface area contributed by atoms with Gasteiger partial charge < -0.3 is 30.6 Å². The molecule has 1 saturated carbocycles. The minimum Gasteiger partial charge on any atom is -0.479 e. The van der Waals surface area contributed by atoms with Gasteiger partial charge in [-0.1, -0.05) is 19.3 Å². The Balaban J connectivity index is 3.77. The van der Waals surface area contributed by atoms with Crippen LogP contribution in [0.5, 0.6) is 0 Å². The molecule has 0 saturated heterocycles. The summed E-state index contributed by atoms with van der Waals surface area (Å²) in [6.45, 7) is 0. The van der Waals surface area contributed by atoms with Gasteiger partial charge in [0.05, 0.1) is 5.41 Å². The molecule has 1 aliphatic carbocycles. The maximum absolute atomic E-state index is 11.3. The van der Waals surface area contributed by atoms with E-state index in [0.717, 1.165) is 0 Å². The molecule has 22 heavy (non-hydrogen) atoms. The number of carbonyl (C=O) groups is 4. The van der Waals surface area contributed by atoms with Crippen LogP contribution in [0.15, 0.2) is 0 Å². The highest BCUT2D eigenvalue weighted by Gasteiger charge is 2.75. The molecule has 1 rings (SSSR count). The SMILES string of the molecule is O=C(O)C(O)(C(=O)O)C1(C(O)(C(=O)O)C(=O)O)CCCCC1. The third kappa shape index (κ3) is 2.03. The van der Waals surface area contributed by atoms with Gasteiger partial charge in [-0.15, -0.1) is 0 Å². The predicted molar refractivity (Wildman–Crippen MR) is 66.0 cm³/mol. The average Bonchev–Trinajstić information content (AvgIpc) is 2.44. The highest BCUT2D eigenvalue weighted by Crippen LogP contribution is 2.53. The number of aliphatic carboxylic acids is 4. The van der Waals surface area contributed by atoms with Gasteiger partial charge in [-0.2, -0.15) is 0 Å². The Hall–Kier alpha value is -2.20. The lowest BCUT2D eigenvalue weighted by Gasteiger charge is -2.49. The van der Waals surface area contributed by atoms with Crippen LogP contribution in [-0.4, -0.2) is 65.7 Å². The summed E-state index contributed by atoms with van der Waals surface area (Å²) in [5.41, 5.74) is -10.3. The number of carboxylic acids is 4. The van der Waals surface area contributed by atoms with Gasteiger partial charge in [-0.05, 0) is 12.8 Å². The van der Waals surface area contributed by atoms with Gasteiger partial charge in [0.2, 0.25) is 0 Å². The fourth-order valence-corrected chi connectivity index (χ4v) is 3.14. The molecule has 0 aliphatic heterocycles. The summed E-state index contributed by atoms with van der Waals surface area (Å²) < 4.78 is 0. The molecule has 6 N–H and O–H groups in total. The van der Waals surface area contributed by atoms with E-state index >= 15 is 0 Å². The molecular weight excluding hydrogens is 304 g/mol. The van der Waals surface area contributed by atoms with Crippen molar-refractivity contribution < 1.29 is 49.8 Å². The molecule has 1 fully saturated rings. The van der Waals surface area contributed by atoms with Crippen molar-refractivity contribution in [3.8, 4) is 0 Å². The lowest BCUT2D eigenvalue weighted by atomic mass is 9.54. The molecule has 10 heteroatoms. The van der Waals surface area contributed by atoms with Crippen molar-refractivity contribution in [1.82, 2.24) is 0 Å². The van der Waals surface area contributed by atoms with Crippen molar-refractivity contribution in [2.75, 3.05) is 0 Å². The van der Waals surface area contributed by atoms with Crippen LogP contribution in [0, 0.1) is 5.41 Å². The van der Waals surface area contributed by atoms with E-state index in [0.29, 0.717) is 6.42 Å². The largest absolute Gasteiger partial charge is 0.479 e. The number of rotatable bonds is 6. The first-order valence-electron chi connectivity index (χ1n) is 6.37. The fraction of sp³-hybridized carbons (Fsp3) is 0.667. The van der Waals surface area contributed by atoms with E-state index in [-0.39, 0.29) is 12.8 Å². The topological polar surface area (TPSA) is 190 Å². The molecule has 10 nitrogen and oxygen atoms in total. The molecule has 0 unspecified atom stereocenters. The number of hydrogen-bond acceptors (Lipinski definition) is 6. The first-order chi connectivity index (χ1) is 9.98. The minimum absolute atomic E-state index is 0.0612. The zero-order valence-corrected chi connectivity index (χ0v) is 11.4. The number of aliphatic hydroxyl groups is 2. The molecule has 0 spiro atoms. The summed E-state index contributed by atoms with van der Waals surface area (Å²) in [5.74, 6) is -9.32. The van der Waals surface area contributed by atoms with Gasteiger partial charge in [0.15, 0.2) is 0 Å². The summed E-state index contributed by atoms with van der Waals surface area (Å²) in [7, 11) is 0. The third-order valence-electron chi connectivity index (χ3n) is 4.33. The highest BCUT2D eigenvalue weighted by molar-refractivity contribution is 6.09. The Bertz CT molecular complexity index is 448. The number of carboxylic acid groups (broad SMARTS) is 4. The van der Waals surface area contributed by atoms with E-state index < -0.39 is 53.3 Å². The van der Waals surface area contributed by atoms with E-state index in [1.165, 1.54) is 0 Å². The van der Waals surface area contributed by atoms with Crippen LogP contribution in [-0.2, 0) is 19.2 Å². The summed E-state index contributed by atoms with van der Waals surface area (Å²) in [4.78, 5) is 45.3. The lowest BCUT2D eigenvalue weighted by molar-refractivity contribution is -0.237. The standard InChI is InChI=1S/C12H16O10/c13-6(14)11(21,7(15)16)10(4-2-1-3-5-10)12(22,8(17)18)9(19)20/h21-22H,1-5H2,(H,13,14)(H,15,16)(H,17,18)(H,19,20). The Morgan fingerprint density at radius 2 is 0.909 bits per heavy atom. The van der Waals surface area contributed by atoms with Crippen LogP contribution in [0.25, 0.3) is 0 Å². The Morgan fingerprint density at radius 3 is 1.14 bits per heavy atom. The first-order valence-corrected chi connectivity index (χ1v) is 6.37. The highest BCUT2D eigenvalue weighted by atomic mass is 16.5. The number of hydrogen-bond donors (Lipinski definition) is 6. The smallest absolute Gasteiger partial charge is 0.348 e. The summed E-state index contributed by atoms with van der Waals surface area (Å²) in [5, 5.41) is 56.9. The van der Waals surface area contributed by atoms with Crippen molar-refractivity contribution >= 4 is 23.9 Å². The zero-order chi connectivity index (χ0) is 17.3. The van der Waals surface area contributed by atoms with Gasteiger partial charge in [-0.3, -0.25) is 0 Å². The molecule has 1 aliphatic rings. The predicted octanol–water partition coefficient (Wildman–Crippen LogP) is -1.26. The average molecular weight is 320 g/mol. The van der Waals surface area contributed by atoms with Crippen molar-refractivity contribution in [2.24, 2.45) is 5.41 Å². The molecule has 0 amide bonds. The van der Waals surface area contributed by atoms with Crippen molar-refractivity contribution in [2.45, 2.75) is 43.3 Å². The maximum Gasteiger partial charge on any atom is 0.348 e. The maximum atomic E-state index is 11.3. The van der Waals surface area contributed by atoms with E-state index in [1.54, 1.807) is 0 Å². The van der Waals surface area contributed by atoms with Crippen molar-refractivity contribution in [3.63, 3.8) is 0 Å². The van der Waals surface area contributed by atoms with Gasteiger partial charge >= 0.3 is 23.9 Å². The normalized spacial score (nSPS) is 18.5. The molecule has 0 aromatic rings. The van der Waals surface area contributed by atoms with E-state index in [9.17, 15) is 29.4 Å². The quantitative estimate of drug-likeness (QED) is 0.322. The summed E-state index contributed by atoms with van der Waals surface area (Å²) in [6.07, 6.45) is -0.599. The molecule has 0 aromatic heterocycles. The van der Waals surface area contributed by atoms with E-state index in [1.807, 2.05) is 0 Å². The van der Waals surface area contributed by atoms with Crippen LogP contribution in [0.1, 0.15) is 32.1 Å². The molecule has 0 bridgehead atoms. The Kier molecular flexibility index (Phi) is 4.49. The van der Waals surface area contributed by atoms with Gasteiger partial charge in [0, 0.05) is 0 Å². The second kappa shape index (κ2) is 5.54. The molecule has 0 atom stereocenters. The van der Waals surface area contributed by atoms with Crippen LogP contribution in [0.2, 0.25) is 0 Å². The summed E-state index contributed by atoms with van der Waals surface area (Å²) in [6, 6.07) is 0.